The van der Waals surface area contributed by atoms with E-state index in [4.69, 9.17) is 57.0 Å². The number of nitrogens with one attached hydrogen (secondary N) is 1. The zero-order chi connectivity index (χ0) is 34.8. The lowest BCUT2D eigenvalue weighted by atomic mass is 9.84. The molecule has 0 aliphatic carbocycles. The van der Waals surface area contributed by atoms with Gasteiger partial charge in [-0.2, -0.15) is 0 Å². The van der Waals surface area contributed by atoms with E-state index in [1.54, 1.807) is 49.6 Å². The molecule has 1 heterocycles. The Labute approximate surface area is 296 Å². The molecular formula is C38H38Cl2N2O7. The number of nitrogens with zero attached hydrogens (tertiary/aromatic N) is 1. The van der Waals surface area contributed by atoms with Crippen LogP contribution in [0.5, 0.6) is 23.0 Å². The molecule has 1 amide bonds. The summed E-state index contributed by atoms with van der Waals surface area (Å²) in [5.41, 5.74) is 1.28. The SMILES string of the molecule is COc1cc(OC)c(CNC(=O)[C@]2(C/C=C/c3ccccc3)N=C(c3ccc(OCCCO)cc3)O[C@@H]2c2ccc(Cl)cc2Cl)c(OC)c1. The molecule has 1 aliphatic rings. The highest BCUT2D eigenvalue weighted by Crippen LogP contribution is 2.46. The van der Waals surface area contributed by atoms with E-state index in [-0.39, 0.29) is 25.5 Å². The highest BCUT2D eigenvalue weighted by molar-refractivity contribution is 6.35. The Hall–Kier alpha value is -4.70. The van der Waals surface area contributed by atoms with Crippen molar-refractivity contribution in [2.45, 2.75) is 31.0 Å². The summed E-state index contributed by atoms with van der Waals surface area (Å²) in [6, 6.07) is 25.5. The summed E-state index contributed by atoms with van der Waals surface area (Å²) in [5, 5.41) is 13.0. The van der Waals surface area contributed by atoms with Gasteiger partial charge in [0.2, 0.25) is 5.90 Å². The fourth-order valence-corrected chi connectivity index (χ4v) is 6.03. The minimum Gasteiger partial charge on any atom is -0.496 e. The number of amides is 1. The molecule has 11 heteroatoms. The Kier molecular flexibility index (Phi) is 12.1. The van der Waals surface area contributed by atoms with Crippen molar-refractivity contribution >= 4 is 41.1 Å². The van der Waals surface area contributed by atoms with Crippen molar-refractivity contribution in [3.05, 3.63) is 123 Å². The van der Waals surface area contributed by atoms with Gasteiger partial charge in [-0.1, -0.05) is 71.8 Å². The molecule has 2 N–H and O–H groups in total. The highest BCUT2D eigenvalue weighted by Gasteiger charge is 2.53. The van der Waals surface area contributed by atoms with Gasteiger partial charge in [0, 0.05) is 52.8 Å². The third-order valence-corrected chi connectivity index (χ3v) is 8.62. The summed E-state index contributed by atoms with van der Waals surface area (Å²) in [6.45, 7) is 0.481. The minimum atomic E-state index is -1.50. The standard InChI is InChI=1S/C38H38Cl2N2O7/c1-45-29-22-33(46-2)31(34(23-29)47-3)24-41-37(44)38(18-7-11-25-9-5-4-6-10-25)35(30-17-14-27(39)21-32(30)40)49-36(42-38)26-12-15-28(16-13-26)48-20-8-19-43/h4-7,9-17,21-23,35,43H,8,18-20,24H2,1-3H3,(H,41,44)/b11-7+/t35-,38-/m1/s1. The van der Waals surface area contributed by atoms with E-state index < -0.39 is 17.6 Å². The molecule has 9 nitrogen and oxygen atoms in total. The molecule has 0 spiro atoms. The lowest BCUT2D eigenvalue weighted by molar-refractivity contribution is -0.129. The summed E-state index contributed by atoms with van der Waals surface area (Å²) in [7, 11) is 4.63. The van der Waals surface area contributed by atoms with E-state index >= 15 is 0 Å². The van der Waals surface area contributed by atoms with Crippen molar-refractivity contribution in [1.82, 2.24) is 5.32 Å². The van der Waals surface area contributed by atoms with Crippen molar-refractivity contribution in [3.8, 4) is 23.0 Å². The molecule has 0 saturated heterocycles. The lowest BCUT2D eigenvalue weighted by Gasteiger charge is -2.30. The maximum atomic E-state index is 14.7. The third-order valence-electron chi connectivity index (χ3n) is 8.06. The van der Waals surface area contributed by atoms with Gasteiger partial charge in [-0.15, -0.1) is 0 Å². The van der Waals surface area contributed by atoms with Gasteiger partial charge in [0.1, 0.15) is 23.0 Å². The fourth-order valence-electron chi connectivity index (χ4n) is 5.52. The molecule has 4 aromatic rings. The third kappa shape index (κ3) is 8.31. The lowest BCUT2D eigenvalue weighted by Crippen LogP contribution is -2.48. The van der Waals surface area contributed by atoms with Crippen LogP contribution in [0.25, 0.3) is 6.08 Å². The average molecular weight is 706 g/mol. The Bertz CT molecular complexity index is 1770. The molecule has 0 radical (unpaired) electrons. The van der Waals surface area contributed by atoms with Crippen molar-refractivity contribution in [3.63, 3.8) is 0 Å². The smallest absolute Gasteiger partial charge is 0.252 e. The normalized spacial score (nSPS) is 16.9. The Morgan fingerprint density at radius 1 is 0.939 bits per heavy atom. The summed E-state index contributed by atoms with van der Waals surface area (Å²) in [5.74, 6) is 2.01. The molecule has 2 atom stereocenters. The molecular weight excluding hydrogens is 667 g/mol. The van der Waals surface area contributed by atoms with Crippen molar-refractivity contribution in [1.29, 1.82) is 0 Å². The number of benzene rings is 4. The Balaban J connectivity index is 1.58. The monoisotopic (exact) mass is 704 g/mol. The van der Waals surface area contributed by atoms with Crippen LogP contribution in [-0.2, 0) is 16.1 Å². The van der Waals surface area contributed by atoms with Gasteiger partial charge in [-0.3, -0.25) is 4.79 Å². The average Bonchev–Trinajstić information content (AvgIpc) is 3.51. The zero-order valence-electron chi connectivity index (χ0n) is 27.5. The van der Waals surface area contributed by atoms with Gasteiger partial charge < -0.3 is 34.1 Å². The second-order valence-electron chi connectivity index (χ2n) is 11.2. The van der Waals surface area contributed by atoms with Crippen molar-refractivity contribution < 1.29 is 33.6 Å². The summed E-state index contributed by atoms with van der Waals surface area (Å²) < 4.78 is 29.0. The van der Waals surface area contributed by atoms with Crippen LogP contribution in [0.3, 0.4) is 0 Å². The number of ether oxygens (including phenoxy) is 5. The number of rotatable bonds is 15. The predicted octanol–water partition coefficient (Wildman–Crippen LogP) is 7.46. The molecule has 0 fully saturated rings. The predicted molar refractivity (Wildman–Crippen MR) is 191 cm³/mol. The maximum absolute atomic E-state index is 14.7. The number of carbonyl (C=O) groups is 1. The second-order valence-corrected chi connectivity index (χ2v) is 12.0. The molecule has 49 heavy (non-hydrogen) atoms. The van der Waals surface area contributed by atoms with E-state index in [9.17, 15) is 4.79 Å². The maximum Gasteiger partial charge on any atom is 0.252 e. The van der Waals surface area contributed by atoms with Crippen LogP contribution < -0.4 is 24.3 Å². The first kappa shape index (κ1) is 35.6. The molecule has 4 aromatic carbocycles. The molecule has 0 unspecified atom stereocenters. The van der Waals surface area contributed by atoms with Crippen LogP contribution in [0, 0.1) is 0 Å². The number of methoxy groups -OCH3 is 3. The van der Waals surface area contributed by atoms with Gasteiger partial charge in [-0.05, 0) is 42.0 Å². The van der Waals surface area contributed by atoms with Crippen LogP contribution in [-0.4, -0.2) is 57.0 Å². The van der Waals surface area contributed by atoms with Crippen molar-refractivity contribution in [2.24, 2.45) is 4.99 Å². The largest absolute Gasteiger partial charge is 0.496 e. The fraction of sp³-hybridized carbons (Fsp3) is 0.263. The van der Waals surface area contributed by atoms with Crippen LogP contribution in [0.2, 0.25) is 10.0 Å². The quantitative estimate of drug-likeness (QED) is 0.124. The number of hydrogen-bond donors (Lipinski definition) is 2. The van der Waals surface area contributed by atoms with Crippen LogP contribution in [0.1, 0.15) is 41.2 Å². The van der Waals surface area contributed by atoms with Gasteiger partial charge in [0.25, 0.3) is 5.91 Å². The number of hydrogen-bond acceptors (Lipinski definition) is 8. The van der Waals surface area contributed by atoms with Gasteiger partial charge >= 0.3 is 0 Å². The summed E-state index contributed by atoms with van der Waals surface area (Å²) in [6.07, 6.45) is 3.61. The van der Waals surface area contributed by atoms with Gasteiger partial charge in [0.05, 0.1) is 40.0 Å². The molecule has 0 aromatic heterocycles. The zero-order valence-corrected chi connectivity index (χ0v) is 29.0. The summed E-state index contributed by atoms with van der Waals surface area (Å²) >= 11 is 13.1. The molecule has 256 valence electrons. The van der Waals surface area contributed by atoms with Crippen LogP contribution >= 0.6 is 23.2 Å². The molecule has 0 saturated carbocycles. The minimum absolute atomic E-state index is 0.0399. The second kappa shape index (κ2) is 16.6. The van der Waals surface area contributed by atoms with Crippen molar-refractivity contribution in [2.75, 3.05) is 34.5 Å². The number of aliphatic hydroxyl groups excluding tert-OH is 1. The summed E-state index contributed by atoms with van der Waals surface area (Å²) in [4.78, 5) is 19.8. The van der Waals surface area contributed by atoms with E-state index in [0.29, 0.717) is 62.8 Å². The molecule has 0 bridgehead atoms. The number of aliphatic imine (C=N–C) groups is 1. The number of carbonyl (C=O) groups excluding carboxylic acids is 1. The van der Waals surface area contributed by atoms with Gasteiger partial charge in [-0.25, -0.2) is 4.99 Å². The van der Waals surface area contributed by atoms with Gasteiger partial charge in [0.15, 0.2) is 11.6 Å². The topological polar surface area (TPSA) is 108 Å². The number of aliphatic hydroxyl groups is 1. The van der Waals surface area contributed by atoms with Crippen LogP contribution in [0.4, 0.5) is 0 Å². The van der Waals surface area contributed by atoms with E-state index in [1.165, 1.54) is 14.2 Å². The Morgan fingerprint density at radius 3 is 2.29 bits per heavy atom. The van der Waals surface area contributed by atoms with E-state index in [2.05, 4.69) is 5.32 Å². The number of halogens is 2. The first-order valence-corrected chi connectivity index (χ1v) is 16.4. The highest BCUT2D eigenvalue weighted by atomic mass is 35.5. The van der Waals surface area contributed by atoms with Crippen LogP contribution in [0.15, 0.2) is 96.0 Å². The first-order valence-electron chi connectivity index (χ1n) is 15.7. The Morgan fingerprint density at radius 2 is 1.65 bits per heavy atom. The first-order chi connectivity index (χ1) is 23.8. The molecule has 1 aliphatic heterocycles. The van der Waals surface area contributed by atoms with E-state index in [1.807, 2.05) is 54.6 Å². The molecule has 5 rings (SSSR count). The van der Waals surface area contributed by atoms with E-state index in [0.717, 1.165) is 5.56 Å².